The van der Waals surface area contributed by atoms with Gasteiger partial charge >= 0.3 is 0 Å². The molecule has 2 amide bonds. The van der Waals surface area contributed by atoms with Gasteiger partial charge in [-0.1, -0.05) is 18.2 Å². The van der Waals surface area contributed by atoms with Crippen LogP contribution in [0.15, 0.2) is 58.1 Å². The van der Waals surface area contributed by atoms with Crippen LogP contribution in [0.3, 0.4) is 0 Å². The van der Waals surface area contributed by atoms with Crippen LogP contribution in [0, 0.1) is 0 Å². The Labute approximate surface area is 185 Å². The largest absolute Gasteiger partial charge is 0.366 e. The Balaban J connectivity index is 2.02. The lowest BCUT2D eigenvalue weighted by Gasteiger charge is -2.18. The third-order valence-electron chi connectivity index (χ3n) is 6.68. The fourth-order valence-electron chi connectivity index (χ4n) is 5.17. The molecule has 33 heavy (non-hydrogen) atoms. The molecule has 0 saturated carbocycles. The van der Waals surface area contributed by atoms with Crippen LogP contribution in [0.4, 0.5) is 0 Å². The predicted molar refractivity (Wildman–Crippen MR) is 130 cm³/mol. The third-order valence-corrected chi connectivity index (χ3v) is 6.68. The molecule has 6 aromatic rings. The van der Waals surface area contributed by atoms with E-state index >= 15 is 0 Å². The molecule has 0 aliphatic rings. The third kappa shape index (κ3) is 2.28. The molecular weight excluding hydrogens is 418 g/mol. The summed E-state index contributed by atoms with van der Waals surface area (Å²) in [6.45, 7) is 0. The Hall–Kier alpha value is -4.52. The molecule has 3 N–H and O–H groups in total. The number of aromatic nitrogens is 1. The minimum Gasteiger partial charge on any atom is -0.366 e. The minimum absolute atomic E-state index is 0.247. The van der Waals surface area contributed by atoms with Crippen molar-refractivity contribution >= 4 is 65.7 Å². The lowest BCUT2D eigenvalue weighted by molar-refractivity contribution is 0.0964. The highest BCUT2D eigenvalue weighted by Gasteiger charge is 2.22. The Bertz CT molecular complexity index is 1950. The van der Waals surface area contributed by atoms with E-state index in [0.717, 1.165) is 36.9 Å². The summed E-state index contributed by atoms with van der Waals surface area (Å²) in [6, 6.07) is 14.1. The first-order chi connectivity index (χ1) is 15.8. The summed E-state index contributed by atoms with van der Waals surface area (Å²) in [6.07, 6.45) is 0. The van der Waals surface area contributed by atoms with Crippen molar-refractivity contribution in [1.29, 1.82) is 0 Å². The first-order valence-electron chi connectivity index (χ1n) is 10.4. The van der Waals surface area contributed by atoms with Crippen LogP contribution in [-0.2, 0) is 7.05 Å². The monoisotopic (exact) mass is 435 g/mol. The van der Waals surface area contributed by atoms with Crippen LogP contribution >= 0.6 is 0 Å². The Morgan fingerprint density at radius 1 is 0.727 bits per heavy atom. The van der Waals surface area contributed by atoms with Crippen LogP contribution in [-0.4, -0.2) is 23.4 Å². The SMILES string of the molecule is CNC(=O)c1ccc2c3cc4cc5c(ccc(c6ccc(C(N)=O)c1c62)c53)c(=O)n(C)c4=O. The average molecular weight is 435 g/mol. The molecule has 2 bridgehead atoms. The van der Waals surface area contributed by atoms with Gasteiger partial charge in [-0.2, -0.15) is 0 Å². The number of carbonyl (C=O) groups is 2. The van der Waals surface area contributed by atoms with Gasteiger partial charge in [0.2, 0.25) is 5.91 Å². The minimum atomic E-state index is -0.635. The molecule has 0 atom stereocenters. The van der Waals surface area contributed by atoms with E-state index in [9.17, 15) is 19.2 Å². The van der Waals surface area contributed by atoms with Gasteiger partial charge in [0.25, 0.3) is 17.0 Å². The van der Waals surface area contributed by atoms with Crippen LogP contribution in [0.5, 0.6) is 0 Å². The number of rotatable bonds is 2. The number of primary amides is 1. The van der Waals surface area contributed by atoms with Gasteiger partial charge in [-0.15, -0.1) is 0 Å². The maximum Gasteiger partial charge on any atom is 0.261 e. The number of nitrogens with zero attached hydrogens (tertiary/aromatic N) is 1. The molecule has 0 radical (unpaired) electrons. The molecule has 1 aromatic heterocycles. The Morgan fingerprint density at radius 2 is 1.27 bits per heavy atom. The summed E-state index contributed by atoms with van der Waals surface area (Å²) >= 11 is 0. The van der Waals surface area contributed by atoms with Crippen molar-refractivity contribution in [3.63, 3.8) is 0 Å². The van der Waals surface area contributed by atoms with E-state index in [1.807, 2.05) is 18.2 Å². The van der Waals surface area contributed by atoms with E-state index in [2.05, 4.69) is 5.32 Å². The number of benzene rings is 5. The van der Waals surface area contributed by atoms with Gasteiger partial charge in [0.05, 0.1) is 0 Å². The van der Waals surface area contributed by atoms with Gasteiger partial charge in [-0.25, -0.2) is 0 Å². The summed E-state index contributed by atoms with van der Waals surface area (Å²) in [5.74, 6) is -0.967. The van der Waals surface area contributed by atoms with Crippen molar-refractivity contribution in [3.05, 3.63) is 80.4 Å². The highest BCUT2D eigenvalue weighted by Crippen LogP contribution is 2.43. The van der Waals surface area contributed by atoms with Gasteiger partial charge < -0.3 is 11.1 Å². The van der Waals surface area contributed by atoms with Gasteiger partial charge in [-0.05, 0) is 68.0 Å². The molecule has 160 valence electrons. The van der Waals surface area contributed by atoms with Crippen molar-refractivity contribution in [3.8, 4) is 0 Å². The van der Waals surface area contributed by atoms with Gasteiger partial charge in [0, 0.05) is 41.4 Å². The molecule has 5 aromatic carbocycles. The summed E-state index contributed by atoms with van der Waals surface area (Å²) in [5, 5.41) is 9.49. The lowest BCUT2D eigenvalue weighted by Crippen LogP contribution is -2.26. The average Bonchev–Trinajstić information content (AvgIpc) is 2.90. The van der Waals surface area contributed by atoms with Crippen molar-refractivity contribution in [2.45, 2.75) is 0 Å². The molecule has 0 saturated heterocycles. The molecule has 7 heteroatoms. The fourth-order valence-corrected chi connectivity index (χ4v) is 5.17. The highest BCUT2D eigenvalue weighted by atomic mass is 16.2. The van der Waals surface area contributed by atoms with Crippen LogP contribution in [0.25, 0.3) is 53.9 Å². The molecule has 1 heterocycles. The number of amides is 2. The van der Waals surface area contributed by atoms with Crippen molar-refractivity contribution < 1.29 is 9.59 Å². The van der Waals surface area contributed by atoms with E-state index < -0.39 is 5.91 Å². The van der Waals surface area contributed by atoms with E-state index in [0.29, 0.717) is 27.1 Å². The van der Waals surface area contributed by atoms with Crippen molar-refractivity contribution in [1.82, 2.24) is 9.88 Å². The summed E-state index contributed by atoms with van der Waals surface area (Å²) in [4.78, 5) is 50.9. The molecule has 6 rings (SSSR count). The molecule has 0 unspecified atom stereocenters. The summed E-state index contributed by atoms with van der Waals surface area (Å²) in [7, 11) is 3.00. The zero-order valence-electron chi connectivity index (χ0n) is 17.8. The standard InChI is InChI=1S/C26H17N3O4/c1-28-24(31)17-8-5-14-18-9-11-10-19-15(26(33)29(2)25(11)32)6-3-12(20(18)19)13-4-7-16(23(27)30)22(17)21(13)14/h3-10H,1-2H3,(H2,27,30)(H,28,31). The van der Waals surface area contributed by atoms with E-state index in [1.165, 1.54) is 14.1 Å². The van der Waals surface area contributed by atoms with Crippen molar-refractivity contribution in [2.24, 2.45) is 12.8 Å². The fraction of sp³-hybridized carbons (Fsp3) is 0.0769. The van der Waals surface area contributed by atoms with Crippen LogP contribution in [0.1, 0.15) is 20.7 Å². The smallest absolute Gasteiger partial charge is 0.261 e. The van der Waals surface area contributed by atoms with Gasteiger partial charge in [0.15, 0.2) is 0 Å². The van der Waals surface area contributed by atoms with Gasteiger partial charge in [0.1, 0.15) is 0 Å². The second-order valence-corrected chi connectivity index (χ2v) is 8.29. The maximum absolute atomic E-state index is 13.0. The zero-order chi connectivity index (χ0) is 23.2. The molecular formula is C26H17N3O4. The van der Waals surface area contributed by atoms with E-state index in [-0.39, 0.29) is 22.6 Å². The van der Waals surface area contributed by atoms with Crippen LogP contribution in [0.2, 0.25) is 0 Å². The number of nitrogens with two attached hydrogens (primary N) is 1. The molecule has 0 aliphatic carbocycles. The van der Waals surface area contributed by atoms with Gasteiger partial charge in [-0.3, -0.25) is 23.7 Å². The highest BCUT2D eigenvalue weighted by molar-refractivity contribution is 6.37. The maximum atomic E-state index is 13.0. The number of nitrogens with one attached hydrogen (secondary N) is 1. The normalized spacial score (nSPS) is 11.9. The van der Waals surface area contributed by atoms with E-state index in [1.54, 1.807) is 30.3 Å². The lowest BCUT2D eigenvalue weighted by atomic mass is 9.85. The molecule has 0 spiro atoms. The molecule has 0 fully saturated rings. The number of hydrogen-bond donors (Lipinski definition) is 2. The quantitative estimate of drug-likeness (QED) is 0.322. The second-order valence-electron chi connectivity index (χ2n) is 8.29. The number of hydrogen-bond acceptors (Lipinski definition) is 4. The topological polar surface area (TPSA) is 111 Å². The Morgan fingerprint density at radius 3 is 1.94 bits per heavy atom. The predicted octanol–water partition coefficient (Wildman–Crippen LogP) is 2.85. The summed E-state index contributed by atoms with van der Waals surface area (Å²) in [5.41, 5.74) is 5.54. The summed E-state index contributed by atoms with van der Waals surface area (Å²) < 4.78 is 1.13. The first-order valence-corrected chi connectivity index (χ1v) is 10.4. The van der Waals surface area contributed by atoms with Crippen molar-refractivity contribution in [2.75, 3.05) is 7.05 Å². The Kier molecular flexibility index (Phi) is 3.64. The zero-order valence-corrected chi connectivity index (χ0v) is 17.8. The first kappa shape index (κ1) is 19.2. The second kappa shape index (κ2) is 6.26. The van der Waals surface area contributed by atoms with Crippen LogP contribution < -0.4 is 22.2 Å². The molecule has 7 nitrogen and oxygen atoms in total. The number of carbonyl (C=O) groups excluding carboxylic acids is 2. The number of fused-ring (bicyclic) bond motifs is 3. The molecule has 0 aliphatic heterocycles. The van der Waals surface area contributed by atoms with E-state index in [4.69, 9.17) is 5.73 Å².